The van der Waals surface area contributed by atoms with E-state index in [9.17, 15) is 9.90 Å². The van der Waals surface area contributed by atoms with Gasteiger partial charge in [-0.05, 0) is 29.7 Å². The number of benzene rings is 1. The molecule has 0 bridgehead atoms. The maximum absolute atomic E-state index is 11.9. The third-order valence-electron chi connectivity index (χ3n) is 4.46. The molecule has 0 saturated heterocycles. The summed E-state index contributed by atoms with van der Waals surface area (Å²) in [6, 6.07) is 11.9. The zero-order chi connectivity index (χ0) is 17.6. The van der Waals surface area contributed by atoms with Gasteiger partial charge in [-0.2, -0.15) is 0 Å². The maximum Gasteiger partial charge on any atom is 0.254 e. The van der Waals surface area contributed by atoms with Gasteiger partial charge in [0.25, 0.3) is 5.91 Å². The van der Waals surface area contributed by atoms with E-state index in [1.165, 1.54) is 11.1 Å². The van der Waals surface area contributed by atoms with Crippen LogP contribution in [0.3, 0.4) is 0 Å². The Hall–Kier alpha value is -2.44. The van der Waals surface area contributed by atoms with Crippen molar-refractivity contribution in [1.82, 2.24) is 15.2 Å². The quantitative estimate of drug-likeness (QED) is 0.738. The van der Waals surface area contributed by atoms with E-state index in [0.29, 0.717) is 24.5 Å². The number of aliphatic hydroxyl groups excluding tert-OH is 1. The number of aliphatic hydroxyl groups is 1. The van der Waals surface area contributed by atoms with Crippen LogP contribution in [0, 0.1) is 0 Å². The van der Waals surface area contributed by atoms with Gasteiger partial charge in [0.05, 0.1) is 11.7 Å². The van der Waals surface area contributed by atoms with Crippen LogP contribution in [0.1, 0.15) is 21.5 Å². The fourth-order valence-electron chi connectivity index (χ4n) is 3.15. The van der Waals surface area contributed by atoms with Crippen LogP contribution in [0.25, 0.3) is 0 Å². The Labute approximate surface area is 147 Å². The molecule has 132 valence electrons. The lowest BCUT2D eigenvalue weighted by Crippen LogP contribution is -2.39. The number of hydrogen-bond donors (Lipinski definition) is 3. The summed E-state index contributed by atoms with van der Waals surface area (Å²) in [6.45, 7) is 2.74. The number of nitrogens with zero attached hydrogens (tertiary/aromatic N) is 2. The first-order chi connectivity index (χ1) is 12.2. The van der Waals surface area contributed by atoms with Crippen molar-refractivity contribution in [3.63, 3.8) is 0 Å². The Morgan fingerprint density at radius 1 is 1.28 bits per heavy atom. The molecule has 1 aliphatic rings. The van der Waals surface area contributed by atoms with Crippen LogP contribution in [-0.2, 0) is 13.0 Å². The summed E-state index contributed by atoms with van der Waals surface area (Å²) < 4.78 is 0. The highest BCUT2D eigenvalue weighted by Gasteiger charge is 2.19. The third-order valence-corrected chi connectivity index (χ3v) is 4.46. The Bertz CT molecular complexity index is 735. The predicted octanol–water partition coefficient (Wildman–Crippen LogP) is 1.27. The van der Waals surface area contributed by atoms with Crippen molar-refractivity contribution in [2.45, 2.75) is 19.1 Å². The van der Waals surface area contributed by atoms with Gasteiger partial charge < -0.3 is 15.7 Å². The summed E-state index contributed by atoms with van der Waals surface area (Å²) in [6.07, 6.45) is 2.10. The average Bonchev–Trinajstić information content (AvgIpc) is 2.66. The normalized spacial score (nSPS) is 15.3. The maximum atomic E-state index is 11.9. The molecule has 2 aromatic rings. The first kappa shape index (κ1) is 17.4. The topological polar surface area (TPSA) is 77.5 Å². The molecule has 3 rings (SSSR count). The highest BCUT2D eigenvalue weighted by Crippen LogP contribution is 2.18. The van der Waals surface area contributed by atoms with Gasteiger partial charge in [-0.1, -0.05) is 24.3 Å². The molecule has 0 spiro atoms. The number of aromatic nitrogens is 1. The summed E-state index contributed by atoms with van der Waals surface area (Å²) >= 11 is 0. The van der Waals surface area contributed by atoms with Crippen LogP contribution >= 0.6 is 0 Å². The summed E-state index contributed by atoms with van der Waals surface area (Å²) in [5.74, 6) is 0.294. The number of β-amino-alcohol motifs (C(OH)–C–C–N with tert-alkyl or cyclic N) is 1. The van der Waals surface area contributed by atoms with Gasteiger partial charge in [-0.15, -0.1) is 0 Å². The monoisotopic (exact) mass is 340 g/mol. The zero-order valence-corrected chi connectivity index (χ0v) is 14.4. The van der Waals surface area contributed by atoms with Gasteiger partial charge >= 0.3 is 0 Å². The van der Waals surface area contributed by atoms with Gasteiger partial charge in [-0.3, -0.25) is 9.69 Å². The first-order valence-electron chi connectivity index (χ1n) is 8.55. The van der Waals surface area contributed by atoms with Crippen molar-refractivity contribution in [1.29, 1.82) is 0 Å². The fourth-order valence-corrected chi connectivity index (χ4v) is 3.15. The molecule has 0 unspecified atom stereocenters. The zero-order valence-electron chi connectivity index (χ0n) is 14.4. The molecule has 0 radical (unpaired) electrons. The van der Waals surface area contributed by atoms with Crippen LogP contribution in [0.4, 0.5) is 5.82 Å². The van der Waals surface area contributed by atoms with Crippen molar-refractivity contribution >= 4 is 11.7 Å². The van der Waals surface area contributed by atoms with Crippen molar-refractivity contribution in [2.75, 3.05) is 32.0 Å². The Morgan fingerprint density at radius 2 is 2.08 bits per heavy atom. The van der Waals surface area contributed by atoms with Gasteiger partial charge in [0, 0.05) is 39.4 Å². The fraction of sp³-hybridized carbons (Fsp3) is 0.368. The molecule has 2 heterocycles. The molecular weight excluding hydrogens is 316 g/mol. The Balaban J connectivity index is 1.54. The number of amides is 1. The molecule has 1 aromatic carbocycles. The number of carbonyl (C=O) groups is 1. The van der Waals surface area contributed by atoms with E-state index in [1.54, 1.807) is 25.4 Å². The molecule has 0 fully saturated rings. The number of hydrogen-bond acceptors (Lipinski definition) is 5. The average molecular weight is 340 g/mol. The number of carbonyl (C=O) groups excluding carboxylic acids is 1. The molecule has 6 nitrogen and oxygen atoms in total. The lowest BCUT2D eigenvalue weighted by atomic mass is 10.00. The van der Waals surface area contributed by atoms with E-state index in [0.717, 1.165) is 19.5 Å². The minimum absolute atomic E-state index is 0.197. The molecule has 3 N–H and O–H groups in total. The first-order valence-corrected chi connectivity index (χ1v) is 8.55. The standard InChI is InChI=1S/C19H24N4O2/c1-20-19(25)17-7-4-9-21-18(17)22-11-16(24)13-23-10-8-14-5-2-3-6-15(14)12-23/h2-7,9,16,24H,8,10-13H2,1H3,(H,20,25)(H,21,22)/t16-/m0/s1. The van der Waals surface area contributed by atoms with Crippen molar-refractivity contribution in [3.05, 3.63) is 59.3 Å². The van der Waals surface area contributed by atoms with E-state index < -0.39 is 6.10 Å². The predicted molar refractivity (Wildman–Crippen MR) is 97.5 cm³/mol. The highest BCUT2D eigenvalue weighted by atomic mass is 16.3. The Morgan fingerprint density at radius 3 is 2.88 bits per heavy atom. The summed E-state index contributed by atoms with van der Waals surface area (Å²) in [5, 5.41) is 16.0. The third kappa shape index (κ3) is 4.35. The van der Waals surface area contributed by atoms with Gasteiger partial charge in [0.1, 0.15) is 5.82 Å². The molecule has 0 aliphatic carbocycles. The minimum atomic E-state index is -0.537. The van der Waals surface area contributed by atoms with Gasteiger partial charge in [0.15, 0.2) is 0 Å². The van der Waals surface area contributed by atoms with Crippen molar-refractivity contribution in [3.8, 4) is 0 Å². The lowest BCUT2D eigenvalue weighted by Gasteiger charge is -2.30. The second kappa shape index (κ2) is 8.09. The van der Waals surface area contributed by atoms with E-state index >= 15 is 0 Å². The second-order valence-corrected chi connectivity index (χ2v) is 6.27. The van der Waals surface area contributed by atoms with Gasteiger partial charge in [0.2, 0.25) is 0 Å². The molecule has 0 saturated carbocycles. The molecule has 1 amide bonds. The van der Waals surface area contributed by atoms with E-state index in [2.05, 4.69) is 44.8 Å². The molecule has 6 heteroatoms. The SMILES string of the molecule is CNC(=O)c1cccnc1NC[C@H](O)CN1CCc2ccccc2C1. The highest BCUT2D eigenvalue weighted by molar-refractivity contribution is 5.98. The van der Waals surface area contributed by atoms with Gasteiger partial charge in [-0.25, -0.2) is 4.98 Å². The smallest absolute Gasteiger partial charge is 0.254 e. The number of fused-ring (bicyclic) bond motifs is 1. The number of rotatable bonds is 6. The number of nitrogens with one attached hydrogen (secondary N) is 2. The van der Waals surface area contributed by atoms with Crippen LogP contribution < -0.4 is 10.6 Å². The summed E-state index contributed by atoms with van der Waals surface area (Å²) in [7, 11) is 1.59. The summed E-state index contributed by atoms with van der Waals surface area (Å²) in [4.78, 5) is 18.3. The Kier molecular flexibility index (Phi) is 5.63. The van der Waals surface area contributed by atoms with Crippen molar-refractivity contribution in [2.24, 2.45) is 0 Å². The van der Waals surface area contributed by atoms with Crippen molar-refractivity contribution < 1.29 is 9.90 Å². The lowest BCUT2D eigenvalue weighted by molar-refractivity contribution is 0.0962. The largest absolute Gasteiger partial charge is 0.390 e. The molecule has 1 atom stereocenters. The second-order valence-electron chi connectivity index (χ2n) is 6.27. The van der Waals surface area contributed by atoms with E-state index in [1.807, 2.05) is 0 Å². The molecule has 25 heavy (non-hydrogen) atoms. The van der Waals surface area contributed by atoms with Crippen LogP contribution in [0.2, 0.25) is 0 Å². The number of anilines is 1. The minimum Gasteiger partial charge on any atom is -0.390 e. The summed E-state index contributed by atoms with van der Waals surface area (Å²) in [5.41, 5.74) is 3.21. The van der Waals surface area contributed by atoms with Crippen LogP contribution in [0.5, 0.6) is 0 Å². The molecule has 1 aliphatic heterocycles. The number of pyridine rings is 1. The molecule has 1 aromatic heterocycles. The molecular formula is C19H24N4O2. The van der Waals surface area contributed by atoms with Crippen LogP contribution in [0.15, 0.2) is 42.6 Å². The van der Waals surface area contributed by atoms with Crippen LogP contribution in [-0.4, -0.2) is 53.7 Å². The van der Waals surface area contributed by atoms with E-state index in [4.69, 9.17) is 0 Å². The van der Waals surface area contributed by atoms with E-state index in [-0.39, 0.29) is 5.91 Å².